The highest BCUT2D eigenvalue weighted by Gasteiger charge is 2.49. The Morgan fingerprint density at radius 2 is 2.07 bits per heavy atom. The first kappa shape index (κ1) is 25.7. The van der Waals surface area contributed by atoms with E-state index in [2.05, 4.69) is 26.0 Å². The Hall–Kier alpha value is -4.00. The number of nitrogens with zero attached hydrogens (tertiary/aromatic N) is 4. The molecule has 8 rings (SSSR count). The molecular formula is C33H31F2N5O2. The number of aromatic nitrogens is 2. The van der Waals surface area contributed by atoms with E-state index in [-0.39, 0.29) is 41.0 Å². The molecule has 0 aliphatic carbocycles. The molecule has 3 aromatic carbocycles. The van der Waals surface area contributed by atoms with Gasteiger partial charge in [-0.2, -0.15) is 9.97 Å². The fourth-order valence-electron chi connectivity index (χ4n) is 7.83. The van der Waals surface area contributed by atoms with Crippen molar-refractivity contribution in [2.45, 2.75) is 49.5 Å². The summed E-state index contributed by atoms with van der Waals surface area (Å²) in [7, 11) is 0. The van der Waals surface area contributed by atoms with Crippen molar-refractivity contribution in [3.8, 4) is 35.2 Å². The number of hydrogen-bond acceptors (Lipinski definition) is 7. The smallest absolute Gasteiger partial charge is 0.319 e. The zero-order valence-corrected chi connectivity index (χ0v) is 23.1. The lowest BCUT2D eigenvalue weighted by Crippen LogP contribution is -2.44. The Morgan fingerprint density at radius 3 is 2.88 bits per heavy atom. The van der Waals surface area contributed by atoms with Gasteiger partial charge < -0.3 is 20.1 Å². The fraction of sp³-hybridized carbons (Fsp3) is 0.394. The molecule has 4 atom stereocenters. The first-order valence-corrected chi connectivity index (χ1v) is 14.7. The van der Waals surface area contributed by atoms with Crippen molar-refractivity contribution in [2.75, 3.05) is 37.7 Å². The zero-order valence-electron chi connectivity index (χ0n) is 23.1. The monoisotopic (exact) mass is 567 g/mol. The molecule has 0 spiro atoms. The van der Waals surface area contributed by atoms with Crippen molar-refractivity contribution < 1.29 is 18.6 Å². The van der Waals surface area contributed by atoms with Crippen molar-refractivity contribution in [2.24, 2.45) is 0 Å². The maximum atomic E-state index is 16.7. The molecule has 5 heterocycles. The Balaban J connectivity index is 1.27. The molecule has 0 amide bonds. The molecule has 1 aromatic heterocycles. The first-order chi connectivity index (χ1) is 20.4. The fourth-order valence-corrected chi connectivity index (χ4v) is 7.83. The normalized spacial score (nSPS) is 26.8. The van der Waals surface area contributed by atoms with E-state index in [4.69, 9.17) is 16.1 Å². The Kier molecular flexibility index (Phi) is 5.82. The molecule has 42 heavy (non-hydrogen) atoms. The zero-order chi connectivity index (χ0) is 28.6. The topological polar surface area (TPSA) is 73.8 Å². The quantitative estimate of drug-likeness (QED) is 0.336. The van der Waals surface area contributed by atoms with E-state index in [1.54, 1.807) is 24.3 Å². The van der Waals surface area contributed by atoms with Crippen LogP contribution in [0.1, 0.15) is 31.2 Å². The van der Waals surface area contributed by atoms with E-state index in [1.165, 1.54) is 0 Å². The molecule has 0 unspecified atom stereocenters. The van der Waals surface area contributed by atoms with Crippen molar-refractivity contribution in [3.63, 3.8) is 0 Å². The average molecular weight is 568 g/mol. The minimum Gasteiger partial charge on any atom is -0.508 e. The summed E-state index contributed by atoms with van der Waals surface area (Å²) in [6.07, 6.45) is 8.23. The summed E-state index contributed by atoms with van der Waals surface area (Å²) in [4.78, 5) is 13.9. The molecule has 2 N–H and O–H groups in total. The highest BCUT2D eigenvalue weighted by atomic mass is 19.1. The maximum absolute atomic E-state index is 16.7. The number of alkyl halides is 1. The van der Waals surface area contributed by atoms with Crippen LogP contribution < -0.4 is 15.0 Å². The number of terminal acetylenes is 1. The molecule has 4 aliphatic rings. The standard InChI is InChI=1S/C33H31F2N5O2/c1-2-19-5-3-6-20-11-24(41)13-27(28(19)20)25-7-8-26-30(29(25)35)37-32(38-31(26)40-17-22-12-23(40)15-36-22)42-18-33-9-4-10-39(33)16-21(34)14-33/h1,3,5-8,11,13,21-23,36,41H,4,9-10,12,14-18H2/t21-,22-,23-,33+/m1/s1. The third kappa shape index (κ3) is 3.92. The van der Waals surface area contributed by atoms with Gasteiger partial charge in [0.2, 0.25) is 0 Å². The number of anilines is 1. The van der Waals surface area contributed by atoms with Gasteiger partial charge in [0.25, 0.3) is 0 Å². The number of benzene rings is 3. The van der Waals surface area contributed by atoms with Gasteiger partial charge in [-0.15, -0.1) is 6.42 Å². The van der Waals surface area contributed by atoms with Crippen LogP contribution in [0.3, 0.4) is 0 Å². The van der Waals surface area contributed by atoms with Gasteiger partial charge in [0.1, 0.15) is 29.9 Å². The molecule has 9 heteroatoms. The minimum absolute atomic E-state index is 0.0160. The molecular weight excluding hydrogens is 536 g/mol. The lowest BCUT2D eigenvalue weighted by atomic mass is 9.93. The number of hydrogen-bond donors (Lipinski definition) is 2. The molecule has 4 saturated heterocycles. The number of nitrogens with one attached hydrogen (secondary N) is 1. The maximum Gasteiger partial charge on any atom is 0.319 e. The lowest BCUT2D eigenvalue weighted by Gasteiger charge is -2.32. The predicted octanol–water partition coefficient (Wildman–Crippen LogP) is 4.78. The number of ether oxygens (including phenoxy) is 1. The molecule has 214 valence electrons. The second kappa shape index (κ2) is 9.51. The number of fused-ring (bicyclic) bond motifs is 5. The molecule has 0 saturated carbocycles. The summed E-state index contributed by atoms with van der Waals surface area (Å²) < 4.78 is 37.4. The third-order valence-corrected chi connectivity index (χ3v) is 9.73. The summed E-state index contributed by atoms with van der Waals surface area (Å²) in [5.74, 6) is 2.83. The van der Waals surface area contributed by atoms with Crippen molar-refractivity contribution in [3.05, 3.63) is 53.8 Å². The van der Waals surface area contributed by atoms with Gasteiger partial charge in [0.15, 0.2) is 5.82 Å². The number of aromatic hydroxyl groups is 1. The van der Waals surface area contributed by atoms with Crippen LogP contribution in [-0.4, -0.2) is 76.6 Å². The summed E-state index contributed by atoms with van der Waals surface area (Å²) in [6.45, 7) is 3.14. The summed E-state index contributed by atoms with van der Waals surface area (Å²) in [5, 5.41) is 16.1. The third-order valence-electron chi connectivity index (χ3n) is 9.73. The van der Waals surface area contributed by atoms with Crippen LogP contribution in [0.2, 0.25) is 0 Å². The Morgan fingerprint density at radius 1 is 1.17 bits per heavy atom. The number of halogens is 2. The SMILES string of the molecule is C#Cc1cccc2cc(O)cc(-c3ccc4c(N5C[C@H]6C[C@@H]5CN6)nc(OC[C@@]56CCCN5C[C@H](F)C6)nc4c3F)c12. The van der Waals surface area contributed by atoms with Gasteiger partial charge in [-0.1, -0.05) is 24.1 Å². The van der Waals surface area contributed by atoms with E-state index in [0.717, 1.165) is 44.3 Å². The van der Waals surface area contributed by atoms with Crippen LogP contribution >= 0.6 is 0 Å². The summed E-state index contributed by atoms with van der Waals surface area (Å²) in [5.41, 5.74) is 1.15. The van der Waals surface area contributed by atoms with E-state index in [9.17, 15) is 9.50 Å². The van der Waals surface area contributed by atoms with E-state index >= 15 is 4.39 Å². The van der Waals surface area contributed by atoms with E-state index in [1.807, 2.05) is 18.2 Å². The number of rotatable bonds is 5. The predicted molar refractivity (Wildman–Crippen MR) is 158 cm³/mol. The summed E-state index contributed by atoms with van der Waals surface area (Å²) >= 11 is 0. The second-order valence-corrected chi connectivity index (χ2v) is 12.2. The van der Waals surface area contributed by atoms with Gasteiger partial charge in [0.05, 0.1) is 5.54 Å². The van der Waals surface area contributed by atoms with Crippen molar-refractivity contribution >= 4 is 27.5 Å². The summed E-state index contributed by atoms with van der Waals surface area (Å²) in [6, 6.07) is 12.9. The van der Waals surface area contributed by atoms with Gasteiger partial charge in [-0.05, 0) is 61.0 Å². The highest BCUT2D eigenvalue weighted by molar-refractivity contribution is 6.04. The van der Waals surface area contributed by atoms with Crippen molar-refractivity contribution in [1.29, 1.82) is 0 Å². The number of phenolic OH excluding ortho intramolecular Hbond substituents is 1. The van der Waals surface area contributed by atoms with Gasteiger partial charge in [-0.25, -0.2) is 8.78 Å². The molecule has 4 aromatic rings. The van der Waals surface area contributed by atoms with Crippen LogP contribution in [0.5, 0.6) is 11.8 Å². The molecule has 4 aliphatic heterocycles. The average Bonchev–Trinajstić information content (AvgIpc) is 3.77. The van der Waals surface area contributed by atoms with E-state index in [0.29, 0.717) is 46.7 Å². The Bertz CT molecular complexity index is 1790. The number of phenols is 1. The number of piperazine rings is 1. The van der Waals surface area contributed by atoms with Crippen LogP contribution in [0.4, 0.5) is 14.6 Å². The lowest BCUT2D eigenvalue weighted by molar-refractivity contribution is 0.107. The highest BCUT2D eigenvalue weighted by Crippen LogP contribution is 2.42. The molecule has 0 radical (unpaired) electrons. The van der Waals surface area contributed by atoms with Crippen molar-refractivity contribution in [1.82, 2.24) is 20.2 Å². The van der Waals surface area contributed by atoms with Crippen LogP contribution in [0.15, 0.2) is 42.5 Å². The minimum atomic E-state index is -0.875. The van der Waals surface area contributed by atoms with Crippen LogP contribution in [0.25, 0.3) is 32.8 Å². The van der Waals surface area contributed by atoms with E-state index < -0.39 is 12.0 Å². The van der Waals surface area contributed by atoms with Gasteiger partial charge in [-0.3, -0.25) is 4.90 Å². The van der Waals surface area contributed by atoms with Gasteiger partial charge in [0, 0.05) is 60.0 Å². The largest absolute Gasteiger partial charge is 0.508 e. The first-order valence-electron chi connectivity index (χ1n) is 14.7. The van der Waals surface area contributed by atoms with Crippen LogP contribution in [0, 0.1) is 18.2 Å². The molecule has 4 fully saturated rings. The van der Waals surface area contributed by atoms with Crippen LogP contribution in [-0.2, 0) is 0 Å². The van der Waals surface area contributed by atoms with Gasteiger partial charge >= 0.3 is 6.01 Å². The Labute approximate surface area is 242 Å². The second-order valence-electron chi connectivity index (χ2n) is 12.2. The molecule has 2 bridgehead atoms. The molecule has 7 nitrogen and oxygen atoms in total.